The number of anilines is 1. The average Bonchev–Trinajstić information content (AvgIpc) is 3.09. The van der Waals surface area contributed by atoms with Crippen molar-refractivity contribution in [2.45, 2.75) is 31.2 Å². The number of carboxylic acid groups (broad SMARTS) is 1. The van der Waals surface area contributed by atoms with E-state index in [0.717, 1.165) is 18.7 Å². The summed E-state index contributed by atoms with van der Waals surface area (Å²) in [6, 6.07) is 6.26. The molecular formula is C21H19F2N3O3. The molecule has 2 aromatic carbocycles. The maximum absolute atomic E-state index is 15.0. The van der Waals surface area contributed by atoms with Gasteiger partial charge in [-0.05, 0) is 55.5 Å². The third-order valence-corrected chi connectivity index (χ3v) is 5.53. The molecule has 3 aromatic rings. The normalized spacial score (nSPS) is 19.0. The summed E-state index contributed by atoms with van der Waals surface area (Å²) in [7, 11) is 0. The van der Waals surface area contributed by atoms with Crippen LogP contribution in [0, 0.1) is 11.6 Å². The number of nitrogen functional groups attached to an aromatic ring is 1. The topological polar surface area (TPSA) is 111 Å². The first-order chi connectivity index (χ1) is 13.8. The Bertz CT molecular complexity index is 1190. The Kier molecular flexibility index (Phi) is 4.58. The molecule has 2 unspecified atom stereocenters. The molecule has 0 radical (unpaired) electrons. The molecule has 4 rings (SSSR count). The lowest BCUT2D eigenvalue weighted by molar-refractivity contribution is 0.0695. The molecule has 0 bridgehead atoms. The molecule has 150 valence electrons. The maximum atomic E-state index is 15.0. The van der Waals surface area contributed by atoms with Crippen molar-refractivity contribution in [2.75, 3.05) is 5.73 Å². The van der Waals surface area contributed by atoms with Crippen LogP contribution in [0.15, 0.2) is 41.3 Å². The molecule has 0 saturated heterocycles. The SMILES string of the molecule is Nc1c(C2CCC(N)C2)c(F)cc2c(=O)c(C(=O)O)cn(-c3ccc(F)cc3)c12. The number of fused-ring (bicyclic) bond motifs is 1. The van der Waals surface area contributed by atoms with Crippen molar-refractivity contribution in [3.05, 3.63) is 69.5 Å². The van der Waals surface area contributed by atoms with Crippen molar-refractivity contribution < 1.29 is 18.7 Å². The first-order valence-corrected chi connectivity index (χ1v) is 9.20. The second-order valence-electron chi connectivity index (χ2n) is 7.38. The van der Waals surface area contributed by atoms with E-state index in [-0.39, 0.29) is 34.1 Å². The lowest BCUT2D eigenvalue weighted by atomic mass is 9.93. The summed E-state index contributed by atoms with van der Waals surface area (Å²) < 4.78 is 29.8. The van der Waals surface area contributed by atoms with Crippen LogP contribution in [0.5, 0.6) is 0 Å². The number of nitrogens with zero attached hydrogens (tertiary/aromatic N) is 1. The van der Waals surface area contributed by atoms with E-state index in [1.54, 1.807) is 0 Å². The Balaban J connectivity index is 2.09. The number of hydrogen-bond acceptors (Lipinski definition) is 4. The molecule has 1 aromatic heterocycles. The van der Waals surface area contributed by atoms with E-state index in [9.17, 15) is 23.5 Å². The standard InChI is InChI=1S/C21H19F2N3O3/c22-11-2-5-13(6-3-11)26-9-15(21(28)29)20(27)14-8-16(23)17(18(25)19(14)26)10-1-4-12(24)7-10/h2-3,5-6,8-10,12H,1,4,7,24-25H2,(H,28,29). The van der Waals surface area contributed by atoms with E-state index < -0.39 is 28.6 Å². The Morgan fingerprint density at radius 1 is 1.17 bits per heavy atom. The van der Waals surface area contributed by atoms with E-state index in [4.69, 9.17) is 11.5 Å². The van der Waals surface area contributed by atoms with E-state index in [2.05, 4.69) is 0 Å². The predicted octanol–water partition coefficient (Wildman–Crippen LogP) is 3.14. The van der Waals surface area contributed by atoms with Crippen LogP contribution in [0.1, 0.15) is 41.1 Å². The number of aromatic nitrogens is 1. The first-order valence-electron chi connectivity index (χ1n) is 9.20. The van der Waals surface area contributed by atoms with Gasteiger partial charge in [-0.25, -0.2) is 13.6 Å². The highest BCUT2D eigenvalue weighted by Gasteiger charge is 2.30. The van der Waals surface area contributed by atoms with E-state index >= 15 is 0 Å². The molecule has 5 N–H and O–H groups in total. The predicted molar refractivity (Wildman–Crippen MR) is 105 cm³/mol. The fraction of sp³-hybridized carbons (Fsp3) is 0.238. The number of halogens is 2. The Morgan fingerprint density at radius 3 is 2.45 bits per heavy atom. The zero-order valence-electron chi connectivity index (χ0n) is 15.4. The Hall–Kier alpha value is -3.26. The average molecular weight is 399 g/mol. The molecule has 0 spiro atoms. The summed E-state index contributed by atoms with van der Waals surface area (Å²) in [6.45, 7) is 0. The second kappa shape index (κ2) is 6.97. The van der Waals surface area contributed by atoms with Gasteiger partial charge in [0.15, 0.2) is 0 Å². The second-order valence-corrected chi connectivity index (χ2v) is 7.38. The van der Waals surface area contributed by atoms with Crippen LogP contribution < -0.4 is 16.9 Å². The minimum Gasteiger partial charge on any atom is -0.477 e. The summed E-state index contributed by atoms with van der Waals surface area (Å²) in [5.41, 5.74) is 11.9. The van der Waals surface area contributed by atoms with Gasteiger partial charge in [0, 0.05) is 23.5 Å². The van der Waals surface area contributed by atoms with E-state index in [0.29, 0.717) is 18.5 Å². The van der Waals surface area contributed by atoms with Gasteiger partial charge < -0.3 is 21.1 Å². The summed E-state index contributed by atoms with van der Waals surface area (Å²) in [5, 5.41) is 9.28. The highest BCUT2D eigenvalue weighted by Crippen LogP contribution is 2.40. The molecule has 0 amide bonds. The van der Waals surface area contributed by atoms with Gasteiger partial charge in [0.1, 0.15) is 17.2 Å². The van der Waals surface area contributed by atoms with Crippen LogP contribution in [-0.4, -0.2) is 21.7 Å². The summed E-state index contributed by atoms with van der Waals surface area (Å²) in [4.78, 5) is 24.3. The molecule has 1 saturated carbocycles. The molecule has 1 heterocycles. The van der Waals surface area contributed by atoms with Crippen molar-refractivity contribution in [3.8, 4) is 5.69 Å². The van der Waals surface area contributed by atoms with Gasteiger partial charge in [-0.2, -0.15) is 0 Å². The quantitative estimate of drug-likeness (QED) is 0.586. The van der Waals surface area contributed by atoms with Crippen LogP contribution in [0.25, 0.3) is 16.6 Å². The zero-order valence-corrected chi connectivity index (χ0v) is 15.4. The summed E-state index contributed by atoms with van der Waals surface area (Å²) >= 11 is 0. The molecule has 1 aliphatic rings. The molecule has 1 fully saturated rings. The monoisotopic (exact) mass is 399 g/mol. The van der Waals surface area contributed by atoms with Gasteiger partial charge in [-0.15, -0.1) is 0 Å². The van der Waals surface area contributed by atoms with Crippen molar-refractivity contribution in [1.29, 1.82) is 0 Å². The highest BCUT2D eigenvalue weighted by molar-refractivity contribution is 5.98. The summed E-state index contributed by atoms with van der Waals surface area (Å²) in [6.07, 6.45) is 3.12. The number of nitrogens with two attached hydrogens (primary N) is 2. The number of rotatable bonds is 3. The van der Waals surface area contributed by atoms with Crippen LogP contribution in [0.4, 0.5) is 14.5 Å². The molecular weight excluding hydrogens is 380 g/mol. The number of carbonyl (C=O) groups is 1. The van der Waals surface area contributed by atoms with Crippen molar-refractivity contribution in [1.82, 2.24) is 4.57 Å². The minimum absolute atomic E-state index is 0.0526. The first kappa shape index (κ1) is 19.1. The molecule has 2 atom stereocenters. The van der Waals surface area contributed by atoms with Crippen molar-refractivity contribution >= 4 is 22.6 Å². The van der Waals surface area contributed by atoms with Crippen molar-refractivity contribution in [3.63, 3.8) is 0 Å². The van der Waals surface area contributed by atoms with Gasteiger partial charge >= 0.3 is 5.97 Å². The van der Waals surface area contributed by atoms with Crippen molar-refractivity contribution in [2.24, 2.45) is 5.73 Å². The van der Waals surface area contributed by atoms with Crippen LogP contribution in [0.2, 0.25) is 0 Å². The highest BCUT2D eigenvalue weighted by atomic mass is 19.1. The van der Waals surface area contributed by atoms with Gasteiger partial charge in [0.25, 0.3) is 0 Å². The number of aromatic carboxylic acids is 1. The van der Waals surface area contributed by atoms with E-state index in [1.807, 2.05) is 0 Å². The van der Waals surface area contributed by atoms with Gasteiger partial charge in [-0.1, -0.05) is 0 Å². The molecule has 8 heteroatoms. The van der Waals surface area contributed by atoms with Crippen LogP contribution in [-0.2, 0) is 0 Å². The number of pyridine rings is 1. The number of hydrogen-bond donors (Lipinski definition) is 3. The third kappa shape index (κ3) is 3.15. The number of carboxylic acids is 1. The van der Waals surface area contributed by atoms with Gasteiger partial charge in [0.2, 0.25) is 5.43 Å². The van der Waals surface area contributed by atoms with E-state index in [1.165, 1.54) is 28.8 Å². The lowest BCUT2D eigenvalue weighted by Crippen LogP contribution is -2.20. The molecule has 29 heavy (non-hydrogen) atoms. The van der Waals surface area contributed by atoms with Gasteiger partial charge in [0.05, 0.1) is 16.6 Å². The molecule has 6 nitrogen and oxygen atoms in total. The Labute approximate surface area is 164 Å². The molecule has 1 aliphatic carbocycles. The van der Waals surface area contributed by atoms with Crippen LogP contribution >= 0.6 is 0 Å². The van der Waals surface area contributed by atoms with Gasteiger partial charge in [-0.3, -0.25) is 4.79 Å². The lowest BCUT2D eigenvalue weighted by Gasteiger charge is -2.20. The molecule has 0 aliphatic heterocycles. The smallest absolute Gasteiger partial charge is 0.341 e. The van der Waals surface area contributed by atoms with Crippen LogP contribution in [0.3, 0.4) is 0 Å². The Morgan fingerprint density at radius 2 is 1.86 bits per heavy atom. The maximum Gasteiger partial charge on any atom is 0.341 e. The largest absolute Gasteiger partial charge is 0.477 e. The zero-order chi connectivity index (χ0) is 20.9. The fourth-order valence-electron chi connectivity index (χ4n) is 4.16. The minimum atomic E-state index is -1.45. The summed E-state index contributed by atoms with van der Waals surface area (Å²) in [5.74, 6) is -2.76. The third-order valence-electron chi connectivity index (χ3n) is 5.53. The fourth-order valence-corrected chi connectivity index (χ4v) is 4.16. The number of benzene rings is 2.